The molecule has 140 valence electrons. The van der Waals surface area contributed by atoms with Crippen LogP contribution in [0.15, 0.2) is 42.7 Å². The number of aromatic nitrogens is 2. The summed E-state index contributed by atoms with van der Waals surface area (Å²) < 4.78 is 7.68. The minimum absolute atomic E-state index is 0. The lowest BCUT2D eigenvalue weighted by molar-refractivity contribution is -0.126. The second-order valence-electron chi connectivity index (χ2n) is 6.92. The van der Waals surface area contributed by atoms with Crippen molar-refractivity contribution in [1.82, 2.24) is 20.4 Å². The number of halogens is 1. The number of benzene rings is 1. The number of carbonyl (C=O) groups is 1. The molecule has 0 aliphatic carbocycles. The van der Waals surface area contributed by atoms with Gasteiger partial charge in [-0.2, -0.15) is 5.10 Å². The van der Waals surface area contributed by atoms with Crippen LogP contribution >= 0.6 is 12.4 Å². The standard InChI is InChI=1S/C19H24N4O2.ClH/c1-23-12-14(9-21-23)15-10-20-11-16(15)19(24)22-17-7-8-25-18(17)13-5-3-2-4-6-13;/h2-6,9,12,15-18,20H,7-8,10-11H2,1H3,(H,22,24);1H/t15-,16+,17?,18?;/m1./s1. The van der Waals surface area contributed by atoms with Crippen molar-refractivity contribution in [3.63, 3.8) is 0 Å². The molecule has 2 aromatic rings. The molecule has 1 aromatic heterocycles. The predicted molar refractivity (Wildman–Crippen MR) is 101 cm³/mol. The lowest BCUT2D eigenvalue weighted by Gasteiger charge is -2.24. The first-order chi connectivity index (χ1) is 12.2. The van der Waals surface area contributed by atoms with Crippen LogP contribution in [0.5, 0.6) is 0 Å². The van der Waals surface area contributed by atoms with Crippen LogP contribution in [0.1, 0.15) is 29.6 Å². The van der Waals surface area contributed by atoms with Gasteiger partial charge in [0.2, 0.25) is 5.91 Å². The highest BCUT2D eigenvalue weighted by Crippen LogP contribution is 2.31. The highest BCUT2D eigenvalue weighted by molar-refractivity contribution is 5.85. The maximum atomic E-state index is 12.9. The first-order valence-corrected chi connectivity index (χ1v) is 8.88. The Labute approximate surface area is 159 Å². The van der Waals surface area contributed by atoms with E-state index < -0.39 is 0 Å². The zero-order valence-corrected chi connectivity index (χ0v) is 15.6. The summed E-state index contributed by atoms with van der Waals surface area (Å²) in [6.07, 6.45) is 4.66. The highest BCUT2D eigenvalue weighted by Gasteiger charge is 2.38. The van der Waals surface area contributed by atoms with Gasteiger partial charge in [0, 0.05) is 38.9 Å². The van der Waals surface area contributed by atoms with E-state index in [1.807, 2.05) is 37.6 Å². The molecule has 2 fully saturated rings. The van der Waals surface area contributed by atoms with Gasteiger partial charge in [0.15, 0.2) is 0 Å². The van der Waals surface area contributed by atoms with Gasteiger partial charge in [0.1, 0.15) is 6.10 Å². The van der Waals surface area contributed by atoms with E-state index in [1.54, 1.807) is 4.68 Å². The lowest BCUT2D eigenvalue weighted by Crippen LogP contribution is -2.42. The summed E-state index contributed by atoms with van der Waals surface area (Å²) in [6.45, 7) is 2.20. The first-order valence-electron chi connectivity index (χ1n) is 8.88. The molecular weight excluding hydrogens is 352 g/mol. The van der Waals surface area contributed by atoms with Crippen molar-refractivity contribution in [2.24, 2.45) is 13.0 Å². The van der Waals surface area contributed by atoms with Gasteiger partial charge in [-0.3, -0.25) is 9.48 Å². The Bertz CT molecular complexity index is 736. The number of carbonyl (C=O) groups excluding carboxylic acids is 1. The number of aryl methyl sites for hydroxylation is 1. The second kappa shape index (κ2) is 8.20. The van der Waals surface area contributed by atoms with Crippen LogP contribution in [0, 0.1) is 5.92 Å². The van der Waals surface area contributed by atoms with E-state index in [0.29, 0.717) is 13.2 Å². The Balaban J connectivity index is 0.00000196. The minimum Gasteiger partial charge on any atom is -0.371 e. The average molecular weight is 377 g/mol. The molecule has 4 atom stereocenters. The van der Waals surface area contributed by atoms with E-state index in [-0.39, 0.29) is 42.3 Å². The van der Waals surface area contributed by atoms with Crippen LogP contribution in [0.4, 0.5) is 0 Å². The lowest BCUT2D eigenvalue weighted by atomic mass is 9.89. The van der Waals surface area contributed by atoms with Crippen molar-refractivity contribution in [3.05, 3.63) is 53.9 Å². The molecule has 4 rings (SSSR count). The van der Waals surface area contributed by atoms with Gasteiger partial charge in [-0.05, 0) is 17.5 Å². The Morgan fingerprint density at radius 3 is 2.81 bits per heavy atom. The molecule has 2 N–H and O–H groups in total. The fourth-order valence-corrected chi connectivity index (χ4v) is 3.93. The molecule has 26 heavy (non-hydrogen) atoms. The van der Waals surface area contributed by atoms with Gasteiger partial charge in [-0.1, -0.05) is 30.3 Å². The quantitative estimate of drug-likeness (QED) is 0.853. The molecule has 2 aliphatic rings. The van der Waals surface area contributed by atoms with Gasteiger partial charge in [0.25, 0.3) is 0 Å². The number of hydrogen-bond acceptors (Lipinski definition) is 4. The van der Waals surface area contributed by atoms with Gasteiger partial charge < -0.3 is 15.4 Å². The Morgan fingerprint density at radius 2 is 2.08 bits per heavy atom. The van der Waals surface area contributed by atoms with E-state index >= 15 is 0 Å². The number of nitrogens with zero attached hydrogens (tertiary/aromatic N) is 2. The molecule has 0 radical (unpaired) electrons. The molecule has 1 amide bonds. The molecule has 1 aromatic carbocycles. The second-order valence-corrected chi connectivity index (χ2v) is 6.92. The molecule has 2 aliphatic heterocycles. The van der Waals surface area contributed by atoms with E-state index in [1.165, 1.54) is 0 Å². The summed E-state index contributed by atoms with van der Waals surface area (Å²) in [4.78, 5) is 12.9. The minimum atomic E-state index is -0.0683. The fraction of sp³-hybridized carbons (Fsp3) is 0.474. The molecule has 7 heteroatoms. The molecule has 2 saturated heterocycles. The third-order valence-corrected chi connectivity index (χ3v) is 5.25. The summed E-state index contributed by atoms with van der Waals surface area (Å²) in [5.74, 6) is 0.211. The van der Waals surface area contributed by atoms with Crippen LogP contribution in [0.25, 0.3) is 0 Å². The largest absolute Gasteiger partial charge is 0.371 e. The van der Waals surface area contributed by atoms with Crippen LogP contribution in [-0.2, 0) is 16.6 Å². The molecular formula is C19H25ClN4O2. The molecule has 0 spiro atoms. The van der Waals surface area contributed by atoms with Crippen LogP contribution in [-0.4, -0.2) is 41.4 Å². The van der Waals surface area contributed by atoms with Gasteiger partial charge in [0.05, 0.1) is 18.2 Å². The van der Waals surface area contributed by atoms with E-state index in [9.17, 15) is 4.79 Å². The monoisotopic (exact) mass is 376 g/mol. The van der Waals surface area contributed by atoms with Crippen LogP contribution in [0.3, 0.4) is 0 Å². The SMILES string of the molecule is Cl.Cn1cc([C@H]2CNC[C@@H]2C(=O)NC2CCOC2c2ccccc2)cn1. The number of rotatable bonds is 4. The maximum Gasteiger partial charge on any atom is 0.225 e. The van der Waals surface area contributed by atoms with Crippen molar-refractivity contribution in [3.8, 4) is 0 Å². The highest BCUT2D eigenvalue weighted by atomic mass is 35.5. The normalized spacial score (nSPS) is 27.9. The predicted octanol–water partition coefficient (Wildman–Crippen LogP) is 1.79. The van der Waals surface area contributed by atoms with Crippen molar-refractivity contribution in [2.45, 2.75) is 24.5 Å². The Kier molecular flexibility index (Phi) is 5.96. The summed E-state index contributed by atoms with van der Waals surface area (Å²) in [6, 6.07) is 10.2. The zero-order valence-electron chi connectivity index (χ0n) is 14.8. The topological polar surface area (TPSA) is 68.2 Å². The summed E-state index contributed by atoms with van der Waals surface area (Å²) in [7, 11) is 1.90. The zero-order chi connectivity index (χ0) is 17.2. The smallest absolute Gasteiger partial charge is 0.225 e. The van der Waals surface area contributed by atoms with Crippen molar-refractivity contribution in [1.29, 1.82) is 0 Å². The molecule has 2 unspecified atom stereocenters. The van der Waals surface area contributed by atoms with Crippen LogP contribution in [0.2, 0.25) is 0 Å². The molecule has 0 saturated carbocycles. The maximum absolute atomic E-state index is 12.9. The Morgan fingerprint density at radius 1 is 1.27 bits per heavy atom. The molecule has 3 heterocycles. The summed E-state index contributed by atoms with van der Waals surface area (Å²) in [5, 5.41) is 10.8. The van der Waals surface area contributed by atoms with E-state index in [0.717, 1.165) is 24.1 Å². The average Bonchev–Trinajstić information content (AvgIpc) is 3.35. The first kappa shape index (κ1) is 18.9. The number of amides is 1. The van der Waals surface area contributed by atoms with Gasteiger partial charge in [-0.25, -0.2) is 0 Å². The summed E-state index contributed by atoms with van der Waals surface area (Å²) in [5.41, 5.74) is 2.24. The van der Waals surface area contributed by atoms with Crippen molar-refractivity contribution < 1.29 is 9.53 Å². The van der Waals surface area contributed by atoms with Gasteiger partial charge >= 0.3 is 0 Å². The molecule has 6 nitrogen and oxygen atoms in total. The third kappa shape index (κ3) is 3.77. The third-order valence-electron chi connectivity index (χ3n) is 5.25. The number of ether oxygens (including phenoxy) is 1. The summed E-state index contributed by atoms with van der Waals surface area (Å²) >= 11 is 0. The van der Waals surface area contributed by atoms with Crippen molar-refractivity contribution >= 4 is 18.3 Å². The number of nitrogens with one attached hydrogen (secondary N) is 2. The van der Waals surface area contributed by atoms with Crippen molar-refractivity contribution in [2.75, 3.05) is 19.7 Å². The Hall–Kier alpha value is -1.89. The fourth-order valence-electron chi connectivity index (χ4n) is 3.93. The van der Waals surface area contributed by atoms with E-state index in [4.69, 9.17) is 4.74 Å². The van der Waals surface area contributed by atoms with Gasteiger partial charge in [-0.15, -0.1) is 12.4 Å². The van der Waals surface area contributed by atoms with E-state index in [2.05, 4.69) is 27.9 Å². The number of hydrogen-bond donors (Lipinski definition) is 2. The van der Waals surface area contributed by atoms with Crippen LogP contribution < -0.4 is 10.6 Å². The molecule has 0 bridgehead atoms.